The third-order valence-corrected chi connectivity index (χ3v) is 6.48. The van der Waals surface area contributed by atoms with Crippen LogP contribution in [0.1, 0.15) is 13.8 Å². The van der Waals surface area contributed by atoms with E-state index < -0.39 is 0 Å². The molecular formula is C29H34ClFN8O2. The van der Waals surface area contributed by atoms with E-state index in [9.17, 15) is 9.18 Å². The summed E-state index contributed by atoms with van der Waals surface area (Å²) in [5, 5.41) is 6.99. The average Bonchev–Trinajstić information content (AvgIpc) is 3.24. The molecule has 4 rings (SSSR count). The highest BCUT2D eigenvalue weighted by Gasteiger charge is 2.21. The zero-order valence-electron chi connectivity index (χ0n) is 24.0. The highest BCUT2D eigenvalue weighted by molar-refractivity contribution is 6.33. The molecule has 0 spiro atoms. The number of rotatable bonds is 11. The van der Waals surface area contributed by atoms with Gasteiger partial charge in [0.1, 0.15) is 11.5 Å². The normalized spacial score (nSPS) is 11.3. The average molecular weight is 581 g/mol. The zero-order chi connectivity index (χ0) is 29.8. The number of nitrogens with one attached hydrogen (secondary N) is 2. The molecule has 0 saturated heterocycles. The van der Waals surface area contributed by atoms with Crippen molar-refractivity contribution in [3.05, 3.63) is 60.2 Å². The molecule has 0 unspecified atom stereocenters. The van der Waals surface area contributed by atoms with Gasteiger partial charge in [0.05, 0.1) is 28.7 Å². The number of pyridine rings is 1. The monoisotopic (exact) mass is 580 g/mol. The predicted octanol–water partition coefficient (Wildman–Crippen LogP) is 5.48. The van der Waals surface area contributed by atoms with E-state index in [4.69, 9.17) is 21.3 Å². The Morgan fingerprint density at radius 3 is 2.63 bits per heavy atom. The molecule has 0 saturated carbocycles. The van der Waals surface area contributed by atoms with Crippen LogP contribution in [0.2, 0.25) is 5.02 Å². The van der Waals surface area contributed by atoms with Gasteiger partial charge in [0.2, 0.25) is 17.7 Å². The van der Waals surface area contributed by atoms with Crippen LogP contribution >= 0.6 is 11.6 Å². The minimum Gasteiger partial charge on any atom is -0.473 e. The SMILES string of the molecule is C=CC(=O)Nc1cc(Nc2ncc(Cl)c(-c3cn(C)c4ccc(F)cc34)n2)c(OC(C)C)nc1N(C)CCN(C)C. The summed E-state index contributed by atoms with van der Waals surface area (Å²) in [4.78, 5) is 30.1. The van der Waals surface area contributed by atoms with Gasteiger partial charge in [0, 0.05) is 49.8 Å². The summed E-state index contributed by atoms with van der Waals surface area (Å²) in [6.45, 7) is 8.77. The first-order valence-electron chi connectivity index (χ1n) is 13.0. The van der Waals surface area contributed by atoms with Gasteiger partial charge in [-0.3, -0.25) is 4.79 Å². The molecule has 0 aliphatic carbocycles. The minimum atomic E-state index is -0.384. The number of halogens is 2. The number of aromatic nitrogens is 4. The number of anilines is 4. The van der Waals surface area contributed by atoms with Crippen LogP contribution in [-0.4, -0.2) is 70.7 Å². The number of ether oxygens (including phenoxy) is 1. The fraction of sp³-hybridized carbons (Fsp3) is 0.310. The zero-order valence-corrected chi connectivity index (χ0v) is 24.8. The Hall–Kier alpha value is -4.22. The molecule has 0 atom stereocenters. The number of carbonyl (C=O) groups excluding carboxylic acids is 1. The van der Waals surface area contributed by atoms with Crippen molar-refractivity contribution in [1.82, 2.24) is 24.4 Å². The number of amides is 1. The maximum atomic E-state index is 14.1. The van der Waals surface area contributed by atoms with Crippen LogP contribution < -0.4 is 20.3 Å². The second-order valence-electron chi connectivity index (χ2n) is 10.1. The van der Waals surface area contributed by atoms with Gasteiger partial charge in [-0.2, -0.15) is 4.98 Å². The fourth-order valence-corrected chi connectivity index (χ4v) is 4.40. The number of nitrogens with zero attached hydrogens (tertiary/aromatic N) is 6. The summed E-state index contributed by atoms with van der Waals surface area (Å²) in [6.07, 6.45) is 4.32. The first kappa shape index (κ1) is 29.8. The lowest BCUT2D eigenvalue weighted by molar-refractivity contribution is -0.111. The molecule has 12 heteroatoms. The van der Waals surface area contributed by atoms with Crippen molar-refractivity contribution in [3.63, 3.8) is 0 Å². The molecule has 3 heterocycles. The lowest BCUT2D eigenvalue weighted by atomic mass is 10.1. The smallest absolute Gasteiger partial charge is 0.247 e. The number of carbonyl (C=O) groups is 1. The van der Waals surface area contributed by atoms with Gasteiger partial charge >= 0.3 is 0 Å². The fourth-order valence-electron chi connectivity index (χ4n) is 4.20. The Bertz CT molecular complexity index is 1590. The van der Waals surface area contributed by atoms with Gasteiger partial charge in [-0.25, -0.2) is 14.4 Å². The predicted molar refractivity (Wildman–Crippen MR) is 163 cm³/mol. The highest BCUT2D eigenvalue weighted by Crippen LogP contribution is 2.37. The number of hydrogen-bond acceptors (Lipinski definition) is 8. The van der Waals surface area contributed by atoms with E-state index in [-0.39, 0.29) is 23.8 Å². The van der Waals surface area contributed by atoms with E-state index in [1.807, 2.05) is 57.7 Å². The summed E-state index contributed by atoms with van der Waals surface area (Å²) < 4.78 is 22.1. The van der Waals surface area contributed by atoms with E-state index in [0.29, 0.717) is 51.3 Å². The Kier molecular flexibility index (Phi) is 9.09. The van der Waals surface area contributed by atoms with E-state index >= 15 is 0 Å². The van der Waals surface area contributed by atoms with Gasteiger partial charge < -0.3 is 29.7 Å². The van der Waals surface area contributed by atoms with Crippen molar-refractivity contribution in [1.29, 1.82) is 0 Å². The summed E-state index contributed by atoms with van der Waals surface area (Å²) in [5.74, 6) is 0.294. The van der Waals surface area contributed by atoms with Crippen molar-refractivity contribution >= 4 is 51.6 Å². The van der Waals surface area contributed by atoms with Crippen molar-refractivity contribution in [2.45, 2.75) is 20.0 Å². The molecule has 0 bridgehead atoms. The highest BCUT2D eigenvalue weighted by atomic mass is 35.5. The summed E-state index contributed by atoms with van der Waals surface area (Å²) >= 11 is 6.53. The lowest BCUT2D eigenvalue weighted by Crippen LogP contribution is -2.30. The first-order chi connectivity index (χ1) is 19.5. The molecule has 0 aliphatic heterocycles. The molecule has 1 aromatic carbocycles. The van der Waals surface area contributed by atoms with E-state index in [1.165, 1.54) is 24.4 Å². The molecule has 3 aromatic heterocycles. The molecule has 0 radical (unpaired) electrons. The minimum absolute atomic E-state index is 0.191. The molecule has 0 fully saturated rings. The molecular weight excluding hydrogens is 547 g/mol. The van der Waals surface area contributed by atoms with Crippen molar-refractivity contribution in [2.24, 2.45) is 7.05 Å². The second kappa shape index (κ2) is 12.5. The van der Waals surface area contributed by atoms with Gasteiger partial charge in [-0.15, -0.1) is 0 Å². The van der Waals surface area contributed by atoms with Crippen LogP contribution in [-0.2, 0) is 11.8 Å². The number of hydrogen-bond donors (Lipinski definition) is 2. The quantitative estimate of drug-likeness (QED) is 0.225. The van der Waals surface area contributed by atoms with Crippen LogP contribution in [0.25, 0.3) is 22.2 Å². The first-order valence-corrected chi connectivity index (χ1v) is 13.4. The second-order valence-corrected chi connectivity index (χ2v) is 10.5. The third-order valence-electron chi connectivity index (χ3n) is 6.20. The van der Waals surface area contributed by atoms with Gasteiger partial charge in [0.25, 0.3) is 0 Å². The summed E-state index contributed by atoms with van der Waals surface area (Å²) in [5.41, 5.74) is 2.80. The number of likely N-dealkylation sites (N-methyl/N-ethyl adjacent to an activating group) is 2. The van der Waals surface area contributed by atoms with Gasteiger partial charge in [-0.1, -0.05) is 18.2 Å². The Balaban J connectivity index is 1.79. The Morgan fingerprint density at radius 1 is 1.20 bits per heavy atom. The number of benzene rings is 1. The standard InChI is InChI=1S/C29H34ClFN8O2/c1-8-25(40)33-22-14-23(28(41-17(2)3)36-27(22)38(6)12-11-37(4)5)34-29-32-15-21(30)26(35-29)20-16-39(7)24-10-9-18(31)13-19(20)24/h8-10,13-17H,1,11-12H2,2-7H3,(H,33,40)(H,32,34,35). The van der Waals surface area contributed by atoms with Crippen LogP contribution in [0.5, 0.6) is 5.88 Å². The van der Waals surface area contributed by atoms with Crippen LogP contribution in [0, 0.1) is 5.82 Å². The Labute approximate surface area is 243 Å². The van der Waals surface area contributed by atoms with E-state index in [2.05, 4.69) is 32.1 Å². The summed E-state index contributed by atoms with van der Waals surface area (Å²) in [7, 11) is 7.73. The molecule has 216 valence electrons. The van der Waals surface area contributed by atoms with Crippen LogP contribution in [0.4, 0.5) is 27.5 Å². The van der Waals surface area contributed by atoms with Gasteiger partial charge in [0.15, 0.2) is 5.82 Å². The molecule has 1 amide bonds. The van der Waals surface area contributed by atoms with Crippen molar-refractivity contribution < 1.29 is 13.9 Å². The topological polar surface area (TPSA) is 100 Å². The molecule has 41 heavy (non-hydrogen) atoms. The Morgan fingerprint density at radius 2 is 1.95 bits per heavy atom. The third kappa shape index (κ3) is 6.93. The maximum absolute atomic E-state index is 14.1. The lowest BCUT2D eigenvalue weighted by Gasteiger charge is -2.25. The molecule has 0 aliphatic rings. The van der Waals surface area contributed by atoms with E-state index in [1.54, 1.807) is 12.1 Å². The molecule has 4 aromatic rings. The van der Waals surface area contributed by atoms with Crippen LogP contribution in [0.15, 0.2) is 49.3 Å². The number of fused-ring (bicyclic) bond motifs is 1. The summed E-state index contributed by atoms with van der Waals surface area (Å²) in [6, 6.07) is 6.29. The van der Waals surface area contributed by atoms with Gasteiger partial charge in [-0.05, 0) is 58.3 Å². The maximum Gasteiger partial charge on any atom is 0.247 e. The van der Waals surface area contributed by atoms with E-state index in [0.717, 1.165) is 12.1 Å². The van der Waals surface area contributed by atoms with Crippen LogP contribution in [0.3, 0.4) is 0 Å². The largest absolute Gasteiger partial charge is 0.473 e. The molecule has 2 N–H and O–H groups in total. The van der Waals surface area contributed by atoms with Crippen molar-refractivity contribution in [3.8, 4) is 17.1 Å². The molecule has 10 nitrogen and oxygen atoms in total. The number of aryl methyl sites for hydroxylation is 1. The van der Waals surface area contributed by atoms with Crippen molar-refractivity contribution in [2.75, 3.05) is 49.8 Å².